The largest absolute Gasteiger partial charge is 0.489 e. The third-order valence-electron chi connectivity index (χ3n) is 4.18. The molecular formula is C25H30O5. The van der Waals surface area contributed by atoms with Crippen LogP contribution in [0.3, 0.4) is 0 Å². The molecule has 0 aliphatic rings. The second kappa shape index (κ2) is 14.6. The first-order valence-electron chi connectivity index (χ1n) is 10.0. The van der Waals surface area contributed by atoms with E-state index in [1.54, 1.807) is 6.08 Å². The summed E-state index contributed by atoms with van der Waals surface area (Å²) in [7, 11) is 0. The van der Waals surface area contributed by atoms with Gasteiger partial charge in [-0.1, -0.05) is 75.2 Å². The standard InChI is InChI=1S/C16H14O3.C9H16O2/c17-16(18)11-8-13-6-9-15(10-7-13)19-12-14-4-2-1-3-5-14;1-3-4-5-6-7-8(2)9(10)11/h1-11H,12H2,(H,17,18);2-7H2,1H3,(H,10,11). The summed E-state index contributed by atoms with van der Waals surface area (Å²) >= 11 is 0. The molecule has 0 aliphatic carbocycles. The number of unbranched alkanes of at least 4 members (excludes halogenated alkanes) is 3. The van der Waals surface area contributed by atoms with Crippen molar-refractivity contribution in [2.45, 2.75) is 45.6 Å². The Morgan fingerprint density at radius 3 is 2.20 bits per heavy atom. The van der Waals surface area contributed by atoms with Crippen molar-refractivity contribution in [3.05, 3.63) is 84.0 Å². The second-order valence-corrected chi connectivity index (χ2v) is 6.73. The lowest BCUT2D eigenvalue weighted by atomic mass is 10.1. The molecule has 5 nitrogen and oxygen atoms in total. The van der Waals surface area contributed by atoms with E-state index in [4.69, 9.17) is 14.9 Å². The average molecular weight is 411 g/mol. The van der Waals surface area contributed by atoms with Crippen molar-refractivity contribution < 1.29 is 24.5 Å². The van der Waals surface area contributed by atoms with Crippen molar-refractivity contribution in [3.8, 4) is 5.75 Å². The third kappa shape index (κ3) is 11.5. The molecule has 0 aliphatic heterocycles. The van der Waals surface area contributed by atoms with Gasteiger partial charge in [-0.25, -0.2) is 9.59 Å². The first kappa shape index (κ1) is 24.7. The summed E-state index contributed by atoms with van der Waals surface area (Å²) in [6.45, 7) is 6.10. The van der Waals surface area contributed by atoms with Crippen molar-refractivity contribution in [2.24, 2.45) is 0 Å². The number of benzene rings is 2. The molecule has 30 heavy (non-hydrogen) atoms. The van der Waals surface area contributed by atoms with Gasteiger partial charge in [0, 0.05) is 11.6 Å². The predicted molar refractivity (Wildman–Crippen MR) is 119 cm³/mol. The smallest absolute Gasteiger partial charge is 0.330 e. The zero-order chi connectivity index (χ0) is 22.2. The Hall–Kier alpha value is -3.34. The van der Waals surface area contributed by atoms with Gasteiger partial charge in [-0.05, 0) is 42.2 Å². The molecule has 0 saturated heterocycles. The van der Waals surface area contributed by atoms with E-state index in [2.05, 4.69) is 13.5 Å². The van der Waals surface area contributed by atoms with Gasteiger partial charge in [0.25, 0.3) is 0 Å². The van der Waals surface area contributed by atoms with Gasteiger partial charge in [-0.2, -0.15) is 0 Å². The minimum absolute atomic E-state index is 0.334. The van der Waals surface area contributed by atoms with Crippen molar-refractivity contribution in [2.75, 3.05) is 0 Å². The zero-order valence-electron chi connectivity index (χ0n) is 17.4. The molecule has 0 amide bonds. The number of ether oxygens (including phenoxy) is 1. The van der Waals surface area contributed by atoms with Gasteiger partial charge in [-0.3, -0.25) is 0 Å². The van der Waals surface area contributed by atoms with Crippen molar-refractivity contribution in [1.82, 2.24) is 0 Å². The molecule has 0 unspecified atom stereocenters. The van der Waals surface area contributed by atoms with Crippen LogP contribution in [0.25, 0.3) is 6.08 Å². The van der Waals surface area contributed by atoms with Gasteiger partial charge in [0.1, 0.15) is 12.4 Å². The monoisotopic (exact) mass is 410 g/mol. The average Bonchev–Trinajstić information content (AvgIpc) is 2.75. The number of hydrogen-bond donors (Lipinski definition) is 2. The summed E-state index contributed by atoms with van der Waals surface area (Å²) < 4.78 is 5.63. The number of carboxylic acid groups (broad SMARTS) is 2. The van der Waals surface area contributed by atoms with Crippen LogP contribution in [0.1, 0.15) is 50.2 Å². The highest BCUT2D eigenvalue weighted by Gasteiger charge is 2.01. The molecule has 2 N–H and O–H groups in total. The maximum absolute atomic E-state index is 10.4. The fraction of sp³-hybridized carbons (Fsp3) is 0.280. The molecule has 0 fully saturated rings. The lowest BCUT2D eigenvalue weighted by Gasteiger charge is -2.06. The summed E-state index contributed by atoms with van der Waals surface area (Å²) in [5.74, 6) is -1.05. The summed E-state index contributed by atoms with van der Waals surface area (Å²) in [4.78, 5) is 20.7. The predicted octanol–water partition coefficient (Wildman–Crippen LogP) is 5.96. The van der Waals surface area contributed by atoms with E-state index >= 15 is 0 Å². The molecule has 0 saturated carbocycles. The zero-order valence-corrected chi connectivity index (χ0v) is 17.4. The summed E-state index contributed by atoms with van der Waals surface area (Å²) in [5, 5.41) is 17.0. The van der Waals surface area contributed by atoms with Gasteiger partial charge >= 0.3 is 11.9 Å². The highest BCUT2D eigenvalue weighted by atomic mass is 16.5. The Morgan fingerprint density at radius 1 is 0.967 bits per heavy atom. The van der Waals surface area contributed by atoms with Gasteiger partial charge in [0.05, 0.1) is 0 Å². The summed E-state index contributed by atoms with van der Waals surface area (Å²) in [6, 6.07) is 17.2. The van der Waals surface area contributed by atoms with Crippen LogP contribution in [0.5, 0.6) is 5.75 Å². The fourth-order valence-corrected chi connectivity index (χ4v) is 2.46. The summed E-state index contributed by atoms with van der Waals surface area (Å²) in [5.41, 5.74) is 2.27. The van der Waals surface area contributed by atoms with Crippen LogP contribution in [-0.2, 0) is 16.2 Å². The van der Waals surface area contributed by atoms with E-state index < -0.39 is 11.9 Å². The maximum Gasteiger partial charge on any atom is 0.330 e. The van der Waals surface area contributed by atoms with Crippen LogP contribution in [-0.4, -0.2) is 22.2 Å². The van der Waals surface area contributed by atoms with E-state index in [1.807, 2.05) is 54.6 Å². The van der Waals surface area contributed by atoms with Crippen LogP contribution in [0.4, 0.5) is 0 Å². The molecule has 160 valence electrons. The van der Waals surface area contributed by atoms with Crippen LogP contribution in [0.2, 0.25) is 0 Å². The molecule has 2 aromatic rings. The first-order valence-corrected chi connectivity index (χ1v) is 10.0. The second-order valence-electron chi connectivity index (χ2n) is 6.73. The lowest BCUT2D eigenvalue weighted by Crippen LogP contribution is -1.98. The van der Waals surface area contributed by atoms with Crippen molar-refractivity contribution in [3.63, 3.8) is 0 Å². The van der Waals surface area contributed by atoms with Gasteiger partial charge in [0.2, 0.25) is 0 Å². The lowest BCUT2D eigenvalue weighted by molar-refractivity contribution is -0.133. The first-order chi connectivity index (χ1) is 14.4. The Balaban J connectivity index is 0.000000352. The van der Waals surface area contributed by atoms with Gasteiger partial charge in [0.15, 0.2) is 0 Å². The summed E-state index contributed by atoms with van der Waals surface area (Å²) in [6.07, 6.45) is 7.73. The normalized spacial score (nSPS) is 10.2. The topological polar surface area (TPSA) is 83.8 Å². The van der Waals surface area contributed by atoms with Crippen molar-refractivity contribution in [1.29, 1.82) is 0 Å². The molecule has 0 atom stereocenters. The van der Waals surface area contributed by atoms with Crippen LogP contribution < -0.4 is 4.74 Å². The van der Waals surface area contributed by atoms with E-state index in [-0.39, 0.29) is 0 Å². The Kier molecular flexibility index (Phi) is 12.0. The van der Waals surface area contributed by atoms with Crippen LogP contribution >= 0.6 is 0 Å². The highest BCUT2D eigenvalue weighted by molar-refractivity contribution is 5.85. The number of carbonyl (C=O) groups is 2. The van der Waals surface area contributed by atoms with Crippen molar-refractivity contribution >= 4 is 18.0 Å². The molecule has 5 heteroatoms. The minimum atomic E-state index is -0.954. The minimum Gasteiger partial charge on any atom is -0.489 e. The number of aliphatic carboxylic acids is 2. The SMILES string of the molecule is C=C(CCCCCC)C(=O)O.O=C(O)C=Cc1ccc(OCc2ccccc2)cc1. The molecular weight excluding hydrogens is 380 g/mol. The number of rotatable bonds is 11. The fourth-order valence-electron chi connectivity index (χ4n) is 2.46. The van der Waals surface area contributed by atoms with E-state index in [0.29, 0.717) is 18.6 Å². The Labute approximate surface area is 178 Å². The number of hydrogen-bond acceptors (Lipinski definition) is 3. The van der Waals surface area contributed by atoms with Crippen LogP contribution in [0, 0.1) is 0 Å². The van der Waals surface area contributed by atoms with Gasteiger partial charge in [-0.15, -0.1) is 0 Å². The molecule has 0 bridgehead atoms. The molecule has 0 heterocycles. The molecule has 0 aromatic heterocycles. The maximum atomic E-state index is 10.4. The van der Waals surface area contributed by atoms with E-state index in [1.165, 1.54) is 12.8 Å². The Morgan fingerprint density at radius 2 is 1.63 bits per heavy atom. The molecule has 0 radical (unpaired) electrons. The molecule has 2 rings (SSSR count). The van der Waals surface area contributed by atoms with E-state index in [0.717, 1.165) is 35.8 Å². The molecule has 0 spiro atoms. The number of carboxylic acids is 2. The van der Waals surface area contributed by atoms with Crippen LogP contribution in [0.15, 0.2) is 72.8 Å². The third-order valence-corrected chi connectivity index (χ3v) is 4.18. The Bertz CT molecular complexity index is 807. The highest BCUT2D eigenvalue weighted by Crippen LogP contribution is 2.15. The molecule has 2 aromatic carbocycles. The van der Waals surface area contributed by atoms with Gasteiger partial charge < -0.3 is 14.9 Å². The van der Waals surface area contributed by atoms with E-state index in [9.17, 15) is 9.59 Å². The quantitative estimate of drug-likeness (QED) is 0.353.